The van der Waals surface area contributed by atoms with Crippen LogP contribution in [0.5, 0.6) is 0 Å². The molecule has 0 radical (unpaired) electrons. The number of aryl methyl sites for hydroxylation is 1. The summed E-state index contributed by atoms with van der Waals surface area (Å²) >= 11 is 0. The molecule has 0 unspecified atom stereocenters. The fourth-order valence-electron chi connectivity index (χ4n) is 3.24. The number of nitrogens with one attached hydrogen (secondary N) is 2. The van der Waals surface area contributed by atoms with Gasteiger partial charge in [0, 0.05) is 31.4 Å². The molecule has 5 heteroatoms. The van der Waals surface area contributed by atoms with E-state index in [1.165, 1.54) is 11.3 Å². The van der Waals surface area contributed by atoms with Crippen molar-refractivity contribution >= 4 is 23.2 Å². The number of rotatable bonds is 8. The molecule has 0 saturated carbocycles. The normalized spacial score (nSPS) is 14.5. The van der Waals surface area contributed by atoms with Crippen LogP contribution in [0.2, 0.25) is 0 Å². The molecule has 1 atom stereocenters. The molecule has 1 aliphatic rings. The molecule has 0 aromatic heterocycles. The second-order valence-corrected chi connectivity index (χ2v) is 7.33. The Morgan fingerprint density at radius 3 is 2.81 bits per heavy atom. The van der Waals surface area contributed by atoms with Crippen molar-refractivity contribution in [2.24, 2.45) is 5.92 Å². The van der Waals surface area contributed by atoms with Crippen LogP contribution in [0.15, 0.2) is 30.9 Å². The Hall–Kier alpha value is -2.30. The summed E-state index contributed by atoms with van der Waals surface area (Å²) in [6, 6.07) is 5.51. The van der Waals surface area contributed by atoms with E-state index in [4.69, 9.17) is 0 Å². The number of unbranched alkanes of at least 4 members (excludes halogenated alkanes) is 1. The Morgan fingerprint density at radius 2 is 2.12 bits per heavy atom. The summed E-state index contributed by atoms with van der Waals surface area (Å²) in [7, 11) is 2.07. The van der Waals surface area contributed by atoms with Crippen LogP contribution in [0.3, 0.4) is 0 Å². The molecule has 0 saturated heterocycles. The van der Waals surface area contributed by atoms with E-state index < -0.39 is 6.04 Å². The van der Waals surface area contributed by atoms with Gasteiger partial charge in [0.15, 0.2) is 0 Å². The van der Waals surface area contributed by atoms with Crippen LogP contribution >= 0.6 is 0 Å². The number of fused-ring (bicyclic) bond motifs is 1. The molecule has 0 bridgehead atoms. The minimum atomic E-state index is -0.542. The van der Waals surface area contributed by atoms with Crippen LogP contribution in [0.25, 0.3) is 0 Å². The molecule has 2 amide bonds. The van der Waals surface area contributed by atoms with E-state index in [-0.39, 0.29) is 17.7 Å². The van der Waals surface area contributed by atoms with Crippen molar-refractivity contribution in [3.8, 4) is 0 Å². The standard InChI is InChI=1S/C21H31N3O2/c1-5-6-7-10-19(25)23-20(15(2)3)21(26)22-17-12-11-16-9-8-13-24(4)18(16)14-17/h5,11-12,14-15,20H,1,6-10,13H2,2-4H3,(H,22,26)(H,23,25)/t20-/m0/s1. The minimum absolute atomic E-state index is 0.0126. The summed E-state index contributed by atoms with van der Waals surface area (Å²) in [6.45, 7) is 8.56. The van der Waals surface area contributed by atoms with Gasteiger partial charge in [-0.15, -0.1) is 6.58 Å². The first-order valence-electron chi connectivity index (χ1n) is 9.47. The second-order valence-electron chi connectivity index (χ2n) is 7.33. The number of allylic oxidation sites excluding steroid dienone is 1. The highest BCUT2D eigenvalue weighted by molar-refractivity contribution is 5.97. The topological polar surface area (TPSA) is 61.4 Å². The van der Waals surface area contributed by atoms with Crippen molar-refractivity contribution in [3.63, 3.8) is 0 Å². The first kappa shape index (κ1) is 20.0. The van der Waals surface area contributed by atoms with Crippen LogP contribution in [0, 0.1) is 5.92 Å². The molecule has 2 rings (SSSR count). The van der Waals surface area contributed by atoms with Crippen LogP contribution in [-0.2, 0) is 16.0 Å². The summed E-state index contributed by atoms with van der Waals surface area (Å²) in [5.74, 6) is -0.250. The van der Waals surface area contributed by atoms with Crippen molar-refractivity contribution in [2.45, 2.75) is 52.0 Å². The van der Waals surface area contributed by atoms with Crippen LogP contribution < -0.4 is 15.5 Å². The van der Waals surface area contributed by atoms with Gasteiger partial charge in [-0.2, -0.15) is 0 Å². The quantitative estimate of drug-likeness (QED) is 0.553. The number of carbonyl (C=O) groups excluding carboxylic acids is 2. The third kappa shape index (κ3) is 5.35. The zero-order chi connectivity index (χ0) is 19.1. The third-order valence-corrected chi connectivity index (χ3v) is 4.78. The van der Waals surface area contributed by atoms with Crippen molar-refractivity contribution < 1.29 is 9.59 Å². The Labute approximate surface area is 156 Å². The molecule has 0 fully saturated rings. The lowest BCUT2D eigenvalue weighted by atomic mass is 10.0. The largest absolute Gasteiger partial charge is 0.374 e. The molecular weight excluding hydrogens is 326 g/mol. The van der Waals surface area contributed by atoms with E-state index in [1.807, 2.05) is 26.0 Å². The van der Waals surface area contributed by atoms with E-state index in [1.54, 1.807) is 6.08 Å². The van der Waals surface area contributed by atoms with E-state index in [0.29, 0.717) is 6.42 Å². The highest BCUT2D eigenvalue weighted by Gasteiger charge is 2.24. The Kier molecular flexibility index (Phi) is 7.25. The summed E-state index contributed by atoms with van der Waals surface area (Å²) < 4.78 is 0. The first-order valence-corrected chi connectivity index (χ1v) is 9.47. The maximum Gasteiger partial charge on any atom is 0.247 e. The van der Waals surface area contributed by atoms with Gasteiger partial charge >= 0.3 is 0 Å². The first-order chi connectivity index (χ1) is 12.4. The highest BCUT2D eigenvalue weighted by atomic mass is 16.2. The SMILES string of the molecule is C=CCCCC(=O)N[C@H](C(=O)Nc1ccc2c(c1)N(C)CCC2)C(C)C. The number of amides is 2. The van der Waals surface area contributed by atoms with E-state index in [9.17, 15) is 9.59 Å². The van der Waals surface area contributed by atoms with Gasteiger partial charge in [-0.05, 0) is 49.3 Å². The van der Waals surface area contributed by atoms with Crippen molar-refractivity contribution in [3.05, 3.63) is 36.4 Å². The smallest absolute Gasteiger partial charge is 0.247 e. The maximum absolute atomic E-state index is 12.7. The number of anilines is 2. The van der Waals surface area contributed by atoms with E-state index in [2.05, 4.69) is 35.2 Å². The zero-order valence-electron chi connectivity index (χ0n) is 16.2. The third-order valence-electron chi connectivity index (χ3n) is 4.78. The molecule has 1 aromatic rings. The predicted molar refractivity (Wildman–Crippen MR) is 107 cm³/mol. The van der Waals surface area contributed by atoms with Gasteiger partial charge in [-0.3, -0.25) is 9.59 Å². The average Bonchev–Trinajstić information content (AvgIpc) is 2.60. The zero-order valence-corrected chi connectivity index (χ0v) is 16.2. The molecule has 142 valence electrons. The van der Waals surface area contributed by atoms with Gasteiger partial charge < -0.3 is 15.5 Å². The van der Waals surface area contributed by atoms with Gasteiger partial charge in [0.05, 0.1) is 0 Å². The number of hydrogen-bond donors (Lipinski definition) is 2. The molecule has 26 heavy (non-hydrogen) atoms. The second kappa shape index (κ2) is 9.41. The number of carbonyl (C=O) groups is 2. The summed E-state index contributed by atoms with van der Waals surface area (Å²) in [6.07, 6.45) is 5.98. The lowest BCUT2D eigenvalue weighted by molar-refractivity contribution is -0.127. The molecule has 1 aliphatic heterocycles. The van der Waals surface area contributed by atoms with Crippen LogP contribution in [-0.4, -0.2) is 31.4 Å². The predicted octanol–water partition coefficient (Wildman–Crippen LogP) is 3.50. The lowest BCUT2D eigenvalue weighted by Crippen LogP contribution is -2.47. The van der Waals surface area contributed by atoms with Gasteiger partial charge in [0.25, 0.3) is 0 Å². The summed E-state index contributed by atoms with van der Waals surface area (Å²) in [5, 5.41) is 5.84. The molecule has 0 spiro atoms. The van der Waals surface area contributed by atoms with E-state index >= 15 is 0 Å². The molecule has 1 heterocycles. The fourth-order valence-corrected chi connectivity index (χ4v) is 3.24. The Balaban J connectivity index is 2.02. The van der Waals surface area contributed by atoms with Crippen molar-refractivity contribution in [2.75, 3.05) is 23.8 Å². The average molecular weight is 357 g/mol. The van der Waals surface area contributed by atoms with Gasteiger partial charge in [0.1, 0.15) is 6.04 Å². The molecular formula is C21H31N3O2. The maximum atomic E-state index is 12.7. The van der Waals surface area contributed by atoms with Crippen molar-refractivity contribution in [1.29, 1.82) is 0 Å². The fraction of sp³-hybridized carbons (Fsp3) is 0.524. The van der Waals surface area contributed by atoms with Gasteiger partial charge in [0.2, 0.25) is 11.8 Å². The van der Waals surface area contributed by atoms with Gasteiger partial charge in [-0.1, -0.05) is 26.0 Å². The molecule has 1 aromatic carbocycles. The molecule has 2 N–H and O–H groups in total. The lowest BCUT2D eigenvalue weighted by Gasteiger charge is -2.28. The van der Waals surface area contributed by atoms with Gasteiger partial charge in [-0.25, -0.2) is 0 Å². The monoisotopic (exact) mass is 357 g/mol. The van der Waals surface area contributed by atoms with Crippen LogP contribution in [0.4, 0.5) is 11.4 Å². The highest BCUT2D eigenvalue weighted by Crippen LogP contribution is 2.29. The summed E-state index contributed by atoms with van der Waals surface area (Å²) in [4.78, 5) is 27.0. The van der Waals surface area contributed by atoms with E-state index in [0.717, 1.165) is 37.9 Å². The Bertz CT molecular complexity index is 655. The van der Waals surface area contributed by atoms with Crippen LogP contribution in [0.1, 0.15) is 45.1 Å². The minimum Gasteiger partial charge on any atom is -0.374 e. The number of hydrogen-bond acceptors (Lipinski definition) is 3. The van der Waals surface area contributed by atoms with Crippen molar-refractivity contribution in [1.82, 2.24) is 5.32 Å². The summed E-state index contributed by atoms with van der Waals surface area (Å²) in [5.41, 5.74) is 3.25. The number of benzene rings is 1. The Morgan fingerprint density at radius 1 is 1.35 bits per heavy atom. The molecule has 5 nitrogen and oxygen atoms in total. The molecule has 0 aliphatic carbocycles. The number of nitrogens with zero attached hydrogens (tertiary/aromatic N) is 1.